The average Bonchev–Trinajstić information content (AvgIpc) is 1.89. The quantitative estimate of drug-likeness (QED) is 0.327. The maximum Gasteiger partial charge on any atom is 0.183 e. The second kappa shape index (κ2) is 5.33. The van der Waals surface area contributed by atoms with Crippen molar-refractivity contribution in [1.29, 1.82) is 0 Å². The molecule has 0 unspecified atom stereocenters. The second-order valence-corrected chi connectivity index (χ2v) is 1.74. The van der Waals surface area contributed by atoms with Crippen LogP contribution in [0.5, 0.6) is 0 Å². The number of allylic oxidation sites excluding steroid dienone is 1. The van der Waals surface area contributed by atoms with Crippen LogP contribution in [-0.2, 0) is 4.74 Å². The molecule has 0 rings (SSSR count). The van der Waals surface area contributed by atoms with E-state index in [1.807, 2.05) is 0 Å². The van der Waals surface area contributed by atoms with Crippen LogP contribution in [0.15, 0.2) is 12.2 Å². The Hall–Kier alpha value is -0.810. The summed E-state index contributed by atoms with van der Waals surface area (Å²) in [5.74, 6) is 2.45. The molecule has 0 aromatic carbocycles. The first-order chi connectivity index (χ1) is 4.31. The maximum atomic E-state index is 4.97. The molecule has 0 saturated carbocycles. The first-order valence-corrected chi connectivity index (χ1v) is 2.90. The summed E-state index contributed by atoms with van der Waals surface area (Å²) in [4.78, 5) is 0. The summed E-state index contributed by atoms with van der Waals surface area (Å²) in [6.45, 7) is 0. The number of terminal acetylenes is 1. The largest absolute Gasteiger partial charge is 0.487 e. The molecule has 0 aromatic heterocycles. The smallest absolute Gasteiger partial charge is 0.183 e. The van der Waals surface area contributed by atoms with Gasteiger partial charge in [-0.15, -0.1) is 12.3 Å². The van der Waals surface area contributed by atoms with Gasteiger partial charge in [-0.1, -0.05) is 6.08 Å². The Bertz CT molecular complexity index is 153. The van der Waals surface area contributed by atoms with Gasteiger partial charge in [-0.25, -0.2) is 0 Å². The molecule has 0 aromatic rings. The van der Waals surface area contributed by atoms with Gasteiger partial charge in [0.2, 0.25) is 0 Å². The van der Waals surface area contributed by atoms with Crippen molar-refractivity contribution in [3.63, 3.8) is 0 Å². The van der Waals surface area contributed by atoms with Crippen molar-refractivity contribution in [2.45, 2.75) is 6.42 Å². The lowest BCUT2D eigenvalue weighted by molar-refractivity contribution is 0.418. The van der Waals surface area contributed by atoms with E-state index in [0.29, 0.717) is 11.5 Å². The van der Waals surface area contributed by atoms with Crippen molar-refractivity contribution in [2.24, 2.45) is 0 Å². The topological polar surface area (TPSA) is 9.23 Å². The Morgan fingerprint density at radius 2 is 2.56 bits per heavy atom. The van der Waals surface area contributed by atoms with Gasteiger partial charge in [0.25, 0.3) is 0 Å². The molecule has 0 N–H and O–H groups in total. The molecule has 0 bridgehead atoms. The summed E-state index contributed by atoms with van der Waals surface area (Å²) < 4.78 is 4.67. The van der Waals surface area contributed by atoms with Gasteiger partial charge in [-0.3, -0.25) is 0 Å². The molecule has 0 aliphatic rings. The highest BCUT2D eigenvalue weighted by Gasteiger charge is 1.80. The van der Waals surface area contributed by atoms with E-state index in [4.69, 9.17) is 18.6 Å². The first-order valence-electron chi connectivity index (χ1n) is 2.49. The Morgan fingerprint density at radius 3 is 3.00 bits per heavy atom. The molecular formula is C7H8OS. The average molecular weight is 140 g/mol. The Balaban J connectivity index is 3.47. The highest BCUT2D eigenvalue weighted by Crippen LogP contribution is 1.84. The van der Waals surface area contributed by atoms with Gasteiger partial charge in [-0.2, -0.15) is 0 Å². The van der Waals surface area contributed by atoms with Gasteiger partial charge in [0.05, 0.1) is 7.11 Å². The number of hydrogen-bond donors (Lipinski definition) is 0. The molecule has 0 radical (unpaired) electrons. The summed E-state index contributed by atoms with van der Waals surface area (Å²) >= 11 is 4.69. The minimum atomic E-state index is 0.463. The zero-order valence-corrected chi connectivity index (χ0v) is 6.07. The van der Waals surface area contributed by atoms with E-state index < -0.39 is 0 Å². The van der Waals surface area contributed by atoms with E-state index in [1.165, 1.54) is 7.11 Å². The van der Waals surface area contributed by atoms with Crippen molar-refractivity contribution in [2.75, 3.05) is 7.11 Å². The lowest BCUT2D eigenvalue weighted by atomic mass is 10.4. The van der Waals surface area contributed by atoms with Gasteiger partial charge >= 0.3 is 0 Å². The van der Waals surface area contributed by atoms with Crippen molar-refractivity contribution >= 4 is 17.3 Å². The fourth-order valence-corrected chi connectivity index (χ4v) is 0.387. The highest BCUT2D eigenvalue weighted by atomic mass is 32.1. The third-order valence-electron chi connectivity index (χ3n) is 0.691. The van der Waals surface area contributed by atoms with E-state index in [0.717, 1.165) is 0 Å². The fourth-order valence-electron chi connectivity index (χ4n) is 0.291. The van der Waals surface area contributed by atoms with E-state index in [2.05, 4.69) is 10.7 Å². The normalized spacial score (nSPS) is 8.89. The third kappa shape index (κ3) is 5.05. The van der Waals surface area contributed by atoms with Crippen molar-refractivity contribution in [1.82, 2.24) is 0 Å². The van der Waals surface area contributed by atoms with Crippen molar-refractivity contribution < 1.29 is 4.74 Å². The van der Waals surface area contributed by atoms with Gasteiger partial charge in [0.15, 0.2) is 5.05 Å². The zero-order chi connectivity index (χ0) is 7.11. The Kier molecular flexibility index (Phi) is 4.85. The standard InChI is InChI=1S/C7H8OS/c1-3-4-5-6-7(9)8-2/h1,5-6H,4H2,2H3/b6-5-. The molecule has 0 amide bonds. The minimum absolute atomic E-state index is 0.463. The highest BCUT2D eigenvalue weighted by molar-refractivity contribution is 7.80. The number of thiocarbonyl (C=S) groups is 1. The number of methoxy groups -OCH3 is 1. The minimum Gasteiger partial charge on any atom is -0.487 e. The van der Waals surface area contributed by atoms with Crippen LogP contribution in [0.4, 0.5) is 0 Å². The monoisotopic (exact) mass is 140 g/mol. The van der Waals surface area contributed by atoms with Crippen LogP contribution in [0, 0.1) is 12.3 Å². The summed E-state index contributed by atoms with van der Waals surface area (Å²) in [6, 6.07) is 0. The Labute approximate surface area is 60.7 Å². The fraction of sp³-hybridized carbons (Fsp3) is 0.286. The molecule has 2 heteroatoms. The van der Waals surface area contributed by atoms with E-state index in [9.17, 15) is 0 Å². The predicted molar refractivity (Wildman–Crippen MR) is 42.2 cm³/mol. The molecule has 0 aliphatic heterocycles. The molecule has 0 saturated heterocycles. The Morgan fingerprint density at radius 1 is 1.89 bits per heavy atom. The van der Waals surface area contributed by atoms with Crippen LogP contribution in [0.25, 0.3) is 0 Å². The van der Waals surface area contributed by atoms with Gasteiger partial charge < -0.3 is 4.74 Å². The molecule has 48 valence electrons. The molecule has 0 spiro atoms. The van der Waals surface area contributed by atoms with Crippen LogP contribution in [0.1, 0.15) is 6.42 Å². The number of rotatable bonds is 2. The lowest BCUT2D eigenvalue weighted by Crippen LogP contribution is -1.89. The number of ether oxygens (including phenoxy) is 1. The van der Waals surface area contributed by atoms with E-state index in [1.54, 1.807) is 12.2 Å². The SMILES string of the molecule is C#CC/C=C\C(=S)OC. The van der Waals surface area contributed by atoms with Crippen LogP contribution in [0.3, 0.4) is 0 Å². The number of hydrogen-bond acceptors (Lipinski definition) is 2. The molecule has 0 fully saturated rings. The van der Waals surface area contributed by atoms with Crippen LogP contribution < -0.4 is 0 Å². The zero-order valence-electron chi connectivity index (χ0n) is 5.26. The van der Waals surface area contributed by atoms with Gasteiger partial charge in [0.1, 0.15) is 0 Å². The second-order valence-electron chi connectivity index (χ2n) is 1.33. The van der Waals surface area contributed by atoms with Crippen LogP contribution in [-0.4, -0.2) is 12.2 Å². The summed E-state index contributed by atoms with van der Waals surface area (Å²) in [6.07, 6.45) is 9.03. The summed E-state index contributed by atoms with van der Waals surface area (Å²) in [5.41, 5.74) is 0. The molecule has 0 aliphatic carbocycles. The van der Waals surface area contributed by atoms with E-state index >= 15 is 0 Å². The summed E-state index contributed by atoms with van der Waals surface area (Å²) in [7, 11) is 1.53. The van der Waals surface area contributed by atoms with Gasteiger partial charge in [0, 0.05) is 6.42 Å². The van der Waals surface area contributed by atoms with Crippen LogP contribution in [0.2, 0.25) is 0 Å². The lowest BCUT2D eigenvalue weighted by Gasteiger charge is -1.90. The molecule has 1 nitrogen and oxygen atoms in total. The predicted octanol–water partition coefficient (Wildman–Crippen LogP) is 1.54. The maximum absolute atomic E-state index is 4.97. The molecule has 0 atom stereocenters. The van der Waals surface area contributed by atoms with Crippen molar-refractivity contribution in [3.05, 3.63) is 12.2 Å². The van der Waals surface area contributed by atoms with Crippen molar-refractivity contribution in [3.8, 4) is 12.3 Å². The van der Waals surface area contributed by atoms with E-state index in [-0.39, 0.29) is 0 Å². The summed E-state index contributed by atoms with van der Waals surface area (Å²) in [5, 5.41) is 0.463. The molecular weight excluding hydrogens is 132 g/mol. The molecule has 9 heavy (non-hydrogen) atoms. The molecule has 0 heterocycles. The first kappa shape index (κ1) is 8.19. The third-order valence-corrected chi connectivity index (χ3v) is 0.994. The van der Waals surface area contributed by atoms with Crippen LogP contribution >= 0.6 is 12.2 Å². The van der Waals surface area contributed by atoms with Gasteiger partial charge in [-0.05, 0) is 18.3 Å².